The van der Waals surface area contributed by atoms with Crippen LogP contribution < -0.4 is 5.32 Å². The zero-order chi connectivity index (χ0) is 21.4. The number of anilines is 1. The van der Waals surface area contributed by atoms with Gasteiger partial charge in [0.15, 0.2) is 0 Å². The van der Waals surface area contributed by atoms with Crippen LogP contribution in [0.1, 0.15) is 17.5 Å². The van der Waals surface area contributed by atoms with Crippen LogP contribution in [-0.4, -0.2) is 57.3 Å². The van der Waals surface area contributed by atoms with E-state index in [9.17, 15) is 8.78 Å². The predicted octanol–water partition coefficient (Wildman–Crippen LogP) is 3.34. The van der Waals surface area contributed by atoms with Crippen molar-refractivity contribution in [2.45, 2.75) is 6.42 Å². The van der Waals surface area contributed by atoms with Crippen LogP contribution in [-0.2, 0) is 0 Å². The summed E-state index contributed by atoms with van der Waals surface area (Å²) in [6.07, 6.45) is 6.24. The lowest BCUT2D eigenvalue weighted by Gasteiger charge is -2.25. The highest BCUT2D eigenvalue weighted by atomic mass is 19.1. The van der Waals surface area contributed by atoms with Crippen molar-refractivity contribution in [3.8, 4) is 11.3 Å². The van der Waals surface area contributed by atoms with E-state index in [1.807, 2.05) is 6.07 Å². The van der Waals surface area contributed by atoms with Crippen molar-refractivity contribution >= 4 is 22.9 Å². The molecule has 0 unspecified atom stereocenters. The van der Waals surface area contributed by atoms with Gasteiger partial charge in [0.05, 0.1) is 24.1 Å². The van der Waals surface area contributed by atoms with Crippen LogP contribution in [0.4, 0.5) is 20.3 Å². The minimum absolute atomic E-state index is 0.0359. The highest BCUT2D eigenvalue weighted by Crippen LogP contribution is 2.38. The first kappa shape index (κ1) is 19.5. The van der Waals surface area contributed by atoms with E-state index < -0.39 is 11.6 Å². The van der Waals surface area contributed by atoms with Crippen LogP contribution in [0.15, 0.2) is 47.7 Å². The molecule has 4 heterocycles. The van der Waals surface area contributed by atoms with E-state index in [0.717, 1.165) is 36.2 Å². The number of nitrogens with zero attached hydrogens (tertiary/aromatic N) is 4. The summed E-state index contributed by atoms with van der Waals surface area (Å²) in [5.41, 5.74) is 3.70. The minimum atomic E-state index is -0.712. The van der Waals surface area contributed by atoms with Crippen LogP contribution in [0, 0.1) is 11.6 Å². The number of benzene rings is 1. The van der Waals surface area contributed by atoms with Gasteiger partial charge in [-0.2, -0.15) is 5.10 Å². The quantitative estimate of drug-likeness (QED) is 0.600. The number of rotatable bonds is 4. The molecule has 0 aliphatic carbocycles. The number of pyridine rings is 1. The predicted molar refractivity (Wildman–Crippen MR) is 114 cm³/mol. The third-order valence-electron chi connectivity index (χ3n) is 5.53. The standard InChI is InChI=1S/C22H20F2N6O/c23-16-2-1-3-17(24)19(16)22-27-18-12-26-29-20(18)15-10-14(11-25-21(15)28-22)13-4-6-30(7-5-13)8-9-31/h1-4,10-12,31H,5-9H2,(H,26,29)(H,25,27,28). The number of aliphatic imine (C=N–C) groups is 1. The van der Waals surface area contributed by atoms with Crippen LogP contribution in [0.25, 0.3) is 16.8 Å². The molecule has 31 heavy (non-hydrogen) atoms. The molecule has 0 saturated heterocycles. The second-order valence-electron chi connectivity index (χ2n) is 7.44. The number of amidine groups is 1. The molecular weight excluding hydrogens is 402 g/mol. The van der Waals surface area contributed by atoms with Crippen molar-refractivity contribution in [2.75, 3.05) is 31.6 Å². The van der Waals surface area contributed by atoms with Gasteiger partial charge in [-0.3, -0.25) is 10.00 Å². The number of H-pyrrole nitrogens is 1. The number of nitrogens with one attached hydrogen (secondary N) is 2. The van der Waals surface area contributed by atoms with Crippen LogP contribution in [0.2, 0.25) is 0 Å². The number of hydrogen-bond donors (Lipinski definition) is 3. The summed E-state index contributed by atoms with van der Waals surface area (Å²) in [5, 5.41) is 19.1. The van der Waals surface area contributed by atoms with Crippen molar-refractivity contribution in [1.29, 1.82) is 0 Å². The molecule has 2 aliphatic heterocycles. The fourth-order valence-electron chi connectivity index (χ4n) is 3.91. The van der Waals surface area contributed by atoms with Crippen LogP contribution in [0.5, 0.6) is 0 Å². The number of β-amino-alcohol motifs (C(OH)–C–C–N with tert-alkyl or cyclic N) is 1. The van der Waals surface area contributed by atoms with E-state index in [0.29, 0.717) is 23.7 Å². The summed E-state index contributed by atoms with van der Waals surface area (Å²) < 4.78 is 28.8. The lowest BCUT2D eigenvalue weighted by molar-refractivity contribution is 0.208. The van der Waals surface area contributed by atoms with Gasteiger partial charge >= 0.3 is 0 Å². The maximum absolute atomic E-state index is 14.4. The Bertz CT molecular complexity index is 1180. The van der Waals surface area contributed by atoms with E-state index in [1.165, 1.54) is 24.4 Å². The molecule has 3 N–H and O–H groups in total. The number of aromatic nitrogens is 3. The van der Waals surface area contributed by atoms with Gasteiger partial charge in [0.1, 0.15) is 29.0 Å². The monoisotopic (exact) mass is 422 g/mol. The van der Waals surface area contributed by atoms with Gasteiger partial charge in [0.2, 0.25) is 0 Å². The largest absolute Gasteiger partial charge is 0.395 e. The van der Waals surface area contributed by atoms with Crippen LogP contribution >= 0.6 is 0 Å². The topological polar surface area (TPSA) is 89.4 Å². The Kier molecular flexibility index (Phi) is 5.05. The van der Waals surface area contributed by atoms with Crippen molar-refractivity contribution in [3.63, 3.8) is 0 Å². The summed E-state index contributed by atoms with van der Waals surface area (Å²) in [5.74, 6) is -0.951. The zero-order valence-corrected chi connectivity index (χ0v) is 16.6. The Morgan fingerprint density at radius 1 is 1.16 bits per heavy atom. The van der Waals surface area contributed by atoms with Gasteiger partial charge in [0, 0.05) is 31.4 Å². The molecule has 0 fully saturated rings. The molecular formula is C22H20F2N6O. The van der Waals surface area contributed by atoms with Gasteiger partial charge in [-0.1, -0.05) is 12.1 Å². The Labute approximate surface area is 177 Å². The van der Waals surface area contributed by atoms with Gasteiger partial charge in [0.25, 0.3) is 0 Å². The Morgan fingerprint density at radius 2 is 2.00 bits per heavy atom. The number of fused-ring (bicyclic) bond motifs is 3. The Balaban J connectivity index is 1.55. The third kappa shape index (κ3) is 3.62. The van der Waals surface area contributed by atoms with Gasteiger partial charge < -0.3 is 10.4 Å². The molecule has 0 atom stereocenters. The molecule has 0 bridgehead atoms. The molecule has 0 saturated carbocycles. The first-order chi connectivity index (χ1) is 15.1. The molecule has 5 rings (SSSR count). The molecule has 7 nitrogen and oxygen atoms in total. The number of aliphatic hydroxyl groups excluding tert-OH is 1. The Morgan fingerprint density at radius 3 is 2.74 bits per heavy atom. The number of aliphatic hydroxyl groups is 1. The average Bonchev–Trinajstić information content (AvgIpc) is 3.17. The maximum Gasteiger partial charge on any atom is 0.145 e. The van der Waals surface area contributed by atoms with Crippen molar-refractivity contribution in [3.05, 3.63) is 65.5 Å². The third-order valence-corrected chi connectivity index (χ3v) is 5.53. The summed E-state index contributed by atoms with van der Waals surface area (Å²) >= 11 is 0. The van der Waals surface area contributed by atoms with Gasteiger partial charge in [-0.25, -0.2) is 18.8 Å². The highest BCUT2D eigenvalue weighted by molar-refractivity contribution is 6.12. The van der Waals surface area contributed by atoms with E-state index in [1.54, 1.807) is 6.20 Å². The molecule has 158 valence electrons. The summed E-state index contributed by atoms with van der Waals surface area (Å²) in [4.78, 5) is 11.1. The van der Waals surface area contributed by atoms with E-state index in [2.05, 4.69) is 36.5 Å². The molecule has 3 aromatic rings. The molecule has 0 radical (unpaired) electrons. The highest BCUT2D eigenvalue weighted by Gasteiger charge is 2.24. The lowest BCUT2D eigenvalue weighted by atomic mass is 9.98. The lowest BCUT2D eigenvalue weighted by Crippen LogP contribution is -2.31. The normalized spacial score (nSPS) is 16.0. The molecule has 2 aliphatic rings. The van der Waals surface area contributed by atoms with E-state index >= 15 is 0 Å². The first-order valence-corrected chi connectivity index (χ1v) is 10.0. The maximum atomic E-state index is 14.4. The fourth-order valence-corrected chi connectivity index (χ4v) is 3.91. The van der Waals surface area contributed by atoms with E-state index in [4.69, 9.17) is 5.11 Å². The first-order valence-electron chi connectivity index (χ1n) is 10.0. The van der Waals surface area contributed by atoms with Gasteiger partial charge in [-0.15, -0.1) is 0 Å². The van der Waals surface area contributed by atoms with Gasteiger partial charge in [-0.05, 0) is 35.8 Å². The smallest absolute Gasteiger partial charge is 0.145 e. The second-order valence-corrected chi connectivity index (χ2v) is 7.44. The number of aromatic amines is 1. The van der Waals surface area contributed by atoms with Crippen LogP contribution in [0.3, 0.4) is 0 Å². The summed E-state index contributed by atoms with van der Waals surface area (Å²) in [6, 6.07) is 5.68. The molecule has 2 aromatic heterocycles. The number of halogens is 2. The second kappa shape index (κ2) is 8.01. The SMILES string of the molecule is OCCN1CC=C(c2cnc3c(c2)-c2[nH]ncc2N=C(c2c(F)cccc2F)N3)CC1. The van der Waals surface area contributed by atoms with Crippen molar-refractivity contribution in [1.82, 2.24) is 20.1 Å². The van der Waals surface area contributed by atoms with Crippen molar-refractivity contribution < 1.29 is 13.9 Å². The molecule has 9 heteroatoms. The molecule has 0 amide bonds. The minimum Gasteiger partial charge on any atom is -0.395 e. The average molecular weight is 422 g/mol. The van der Waals surface area contributed by atoms with Crippen molar-refractivity contribution in [2.24, 2.45) is 4.99 Å². The van der Waals surface area contributed by atoms with E-state index in [-0.39, 0.29) is 18.0 Å². The summed E-state index contributed by atoms with van der Waals surface area (Å²) in [7, 11) is 0. The summed E-state index contributed by atoms with van der Waals surface area (Å²) in [6.45, 7) is 2.42. The zero-order valence-electron chi connectivity index (χ0n) is 16.6. The Hall–Kier alpha value is -3.43. The molecule has 0 spiro atoms. The number of hydrogen-bond acceptors (Lipinski definition) is 6. The fraction of sp³-hybridized carbons (Fsp3) is 0.227. The molecule has 1 aromatic carbocycles.